The normalized spacial score (nSPS) is 10.4. The van der Waals surface area contributed by atoms with E-state index >= 15 is 0 Å². The lowest BCUT2D eigenvalue weighted by molar-refractivity contribution is -0.114. The van der Waals surface area contributed by atoms with E-state index in [4.69, 9.17) is 9.47 Å². The molecule has 0 aliphatic rings. The van der Waals surface area contributed by atoms with Crippen molar-refractivity contribution in [2.75, 3.05) is 30.2 Å². The molecule has 3 aromatic carbocycles. The van der Waals surface area contributed by atoms with E-state index in [1.165, 1.54) is 27.2 Å². The van der Waals surface area contributed by atoms with Gasteiger partial charge in [-0.2, -0.15) is 0 Å². The van der Waals surface area contributed by atoms with Crippen molar-refractivity contribution in [1.82, 2.24) is 0 Å². The molecular weight excluding hydrogens is 434 g/mol. The summed E-state index contributed by atoms with van der Waals surface area (Å²) in [6.07, 6.45) is 3.02. The number of anilines is 3. The SMILES string of the molecule is COc1cc(NC(=O)c2ccccc2)c(OC)cc1NC(=O)/C=C/c1ccc(NC(C)=O)cc1. The quantitative estimate of drug-likeness (QED) is 0.428. The highest BCUT2D eigenvalue weighted by molar-refractivity contribution is 6.06. The number of rotatable bonds is 8. The van der Waals surface area contributed by atoms with Crippen LogP contribution in [0.2, 0.25) is 0 Å². The standard InChI is InChI=1S/C26H25N3O5/c1-17(30)27-20-12-9-18(10-13-20)11-14-25(31)28-21-15-24(34-3)22(16-23(21)33-2)29-26(32)19-7-5-4-6-8-19/h4-16H,1-3H3,(H,27,30)(H,28,31)(H,29,32)/b14-11+. The van der Waals surface area contributed by atoms with Gasteiger partial charge in [-0.15, -0.1) is 0 Å². The lowest BCUT2D eigenvalue weighted by Gasteiger charge is -2.16. The zero-order valence-electron chi connectivity index (χ0n) is 19.0. The fourth-order valence-corrected chi connectivity index (χ4v) is 3.10. The number of benzene rings is 3. The Morgan fingerprint density at radius 1 is 0.765 bits per heavy atom. The second-order valence-corrected chi connectivity index (χ2v) is 7.20. The highest BCUT2D eigenvalue weighted by Gasteiger charge is 2.15. The van der Waals surface area contributed by atoms with Crippen molar-refractivity contribution in [3.05, 3.63) is 83.9 Å². The van der Waals surface area contributed by atoms with E-state index in [9.17, 15) is 14.4 Å². The molecule has 0 bridgehead atoms. The van der Waals surface area contributed by atoms with Gasteiger partial charge in [0, 0.05) is 36.4 Å². The molecule has 3 amide bonds. The molecule has 8 nitrogen and oxygen atoms in total. The third-order valence-electron chi connectivity index (χ3n) is 4.72. The van der Waals surface area contributed by atoms with Crippen molar-refractivity contribution in [3.8, 4) is 11.5 Å². The third kappa shape index (κ3) is 6.46. The molecule has 0 spiro atoms. The Hall–Kier alpha value is -4.59. The summed E-state index contributed by atoms with van der Waals surface area (Å²) in [5.41, 5.74) is 2.74. The molecular formula is C26H25N3O5. The van der Waals surface area contributed by atoms with E-state index in [2.05, 4.69) is 16.0 Å². The van der Waals surface area contributed by atoms with E-state index < -0.39 is 0 Å². The van der Waals surface area contributed by atoms with Crippen molar-refractivity contribution < 1.29 is 23.9 Å². The maximum Gasteiger partial charge on any atom is 0.255 e. The van der Waals surface area contributed by atoms with Crippen LogP contribution in [-0.2, 0) is 9.59 Å². The summed E-state index contributed by atoms with van der Waals surface area (Å²) in [4.78, 5) is 36.1. The average Bonchev–Trinajstić information content (AvgIpc) is 2.84. The topological polar surface area (TPSA) is 106 Å². The van der Waals surface area contributed by atoms with Crippen LogP contribution in [0.3, 0.4) is 0 Å². The Morgan fingerprint density at radius 3 is 1.91 bits per heavy atom. The zero-order valence-corrected chi connectivity index (χ0v) is 19.0. The summed E-state index contributed by atoms with van der Waals surface area (Å²) in [6, 6.07) is 19.0. The predicted molar refractivity (Wildman–Crippen MR) is 132 cm³/mol. The molecule has 0 unspecified atom stereocenters. The number of ether oxygens (including phenoxy) is 2. The number of hydrogen-bond acceptors (Lipinski definition) is 5. The van der Waals surface area contributed by atoms with Gasteiger partial charge in [0.2, 0.25) is 11.8 Å². The lowest BCUT2D eigenvalue weighted by Crippen LogP contribution is -2.14. The van der Waals surface area contributed by atoms with Crippen LogP contribution in [-0.4, -0.2) is 31.9 Å². The first-order valence-electron chi connectivity index (χ1n) is 10.4. The molecule has 0 fully saturated rings. The summed E-state index contributed by atoms with van der Waals surface area (Å²) in [6.45, 7) is 1.44. The van der Waals surface area contributed by atoms with E-state index in [1.807, 2.05) is 6.07 Å². The Bertz CT molecular complexity index is 1210. The van der Waals surface area contributed by atoms with Crippen LogP contribution in [0.25, 0.3) is 6.08 Å². The van der Waals surface area contributed by atoms with Crippen molar-refractivity contribution in [2.45, 2.75) is 6.92 Å². The summed E-state index contributed by atoms with van der Waals surface area (Å²) < 4.78 is 10.8. The zero-order chi connectivity index (χ0) is 24.5. The second kappa shape index (κ2) is 11.3. The molecule has 174 valence electrons. The van der Waals surface area contributed by atoms with Gasteiger partial charge in [0.1, 0.15) is 11.5 Å². The number of nitrogens with one attached hydrogen (secondary N) is 3. The van der Waals surface area contributed by atoms with Crippen LogP contribution in [0.5, 0.6) is 11.5 Å². The van der Waals surface area contributed by atoms with E-state index in [0.717, 1.165) is 5.56 Å². The number of carbonyl (C=O) groups is 3. The van der Waals surface area contributed by atoms with Crippen molar-refractivity contribution in [3.63, 3.8) is 0 Å². The Morgan fingerprint density at radius 2 is 1.35 bits per heavy atom. The van der Waals surface area contributed by atoms with Crippen molar-refractivity contribution in [1.29, 1.82) is 0 Å². The van der Waals surface area contributed by atoms with E-state index in [1.54, 1.807) is 66.7 Å². The van der Waals surface area contributed by atoms with Gasteiger partial charge in [-0.1, -0.05) is 30.3 Å². The van der Waals surface area contributed by atoms with Gasteiger partial charge in [0.15, 0.2) is 0 Å². The van der Waals surface area contributed by atoms with Crippen LogP contribution < -0.4 is 25.4 Å². The summed E-state index contributed by atoms with van der Waals surface area (Å²) in [7, 11) is 2.93. The van der Waals surface area contributed by atoms with Gasteiger partial charge in [0.25, 0.3) is 5.91 Å². The second-order valence-electron chi connectivity index (χ2n) is 7.20. The molecule has 0 aromatic heterocycles. The van der Waals surface area contributed by atoms with E-state index in [-0.39, 0.29) is 17.7 Å². The first kappa shape index (κ1) is 24.1. The molecule has 0 saturated carbocycles. The van der Waals surface area contributed by atoms with Gasteiger partial charge >= 0.3 is 0 Å². The molecule has 0 atom stereocenters. The van der Waals surface area contributed by atoms with Crippen molar-refractivity contribution in [2.24, 2.45) is 0 Å². The third-order valence-corrected chi connectivity index (χ3v) is 4.72. The van der Waals surface area contributed by atoms with E-state index in [0.29, 0.717) is 34.1 Å². The first-order valence-corrected chi connectivity index (χ1v) is 10.4. The molecule has 0 saturated heterocycles. The smallest absolute Gasteiger partial charge is 0.255 e. The lowest BCUT2D eigenvalue weighted by atomic mass is 10.1. The number of carbonyl (C=O) groups excluding carboxylic acids is 3. The highest BCUT2D eigenvalue weighted by atomic mass is 16.5. The fraction of sp³-hybridized carbons (Fsp3) is 0.115. The fourth-order valence-electron chi connectivity index (χ4n) is 3.10. The number of amides is 3. The molecule has 0 aliphatic carbocycles. The van der Waals surface area contributed by atoms with Crippen LogP contribution in [0.4, 0.5) is 17.1 Å². The molecule has 0 heterocycles. The maximum absolute atomic E-state index is 12.5. The van der Waals surface area contributed by atoms with Gasteiger partial charge < -0.3 is 25.4 Å². The van der Waals surface area contributed by atoms with Crippen LogP contribution in [0.15, 0.2) is 72.8 Å². The molecule has 3 aromatic rings. The van der Waals surface area contributed by atoms with Crippen LogP contribution in [0.1, 0.15) is 22.8 Å². The van der Waals surface area contributed by atoms with Crippen molar-refractivity contribution >= 4 is 40.9 Å². The minimum absolute atomic E-state index is 0.155. The molecule has 3 N–H and O–H groups in total. The van der Waals surface area contributed by atoms with Gasteiger partial charge in [-0.05, 0) is 35.9 Å². The van der Waals surface area contributed by atoms with Gasteiger partial charge in [0.05, 0.1) is 25.6 Å². The minimum Gasteiger partial charge on any atom is -0.494 e. The van der Waals surface area contributed by atoms with Crippen LogP contribution >= 0.6 is 0 Å². The average molecular weight is 460 g/mol. The molecule has 34 heavy (non-hydrogen) atoms. The first-order chi connectivity index (χ1) is 16.4. The van der Waals surface area contributed by atoms with Gasteiger partial charge in [-0.25, -0.2) is 0 Å². The number of methoxy groups -OCH3 is 2. The molecule has 0 radical (unpaired) electrons. The maximum atomic E-state index is 12.5. The number of hydrogen-bond donors (Lipinski definition) is 3. The predicted octanol–water partition coefficient (Wildman–Crippen LogP) is 4.57. The summed E-state index contributed by atoms with van der Waals surface area (Å²) in [5, 5.41) is 8.24. The highest BCUT2D eigenvalue weighted by Crippen LogP contribution is 2.36. The molecule has 3 rings (SSSR count). The molecule has 0 aliphatic heterocycles. The van der Waals surface area contributed by atoms with Crippen LogP contribution in [0, 0.1) is 0 Å². The van der Waals surface area contributed by atoms with Gasteiger partial charge in [-0.3, -0.25) is 14.4 Å². The Labute approximate surface area is 197 Å². The molecule has 8 heteroatoms. The monoisotopic (exact) mass is 459 g/mol. The summed E-state index contributed by atoms with van der Waals surface area (Å²) >= 11 is 0. The Kier molecular flexibility index (Phi) is 8.02. The Balaban J connectivity index is 1.73. The minimum atomic E-state index is -0.382. The summed E-state index contributed by atoms with van der Waals surface area (Å²) in [5.74, 6) is -0.126. The largest absolute Gasteiger partial charge is 0.494 e.